The lowest BCUT2D eigenvalue weighted by molar-refractivity contribution is -0.116. The highest BCUT2D eigenvalue weighted by atomic mass is 35.5. The molecule has 1 aromatic heterocycles. The fourth-order valence-electron chi connectivity index (χ4n) is 1.26. The average molecular weight is 214 g/mol. The van der Waals surface area contributed by atoms with E-state index in [1.54, 1.807) is 7.11 Å². The van der Waals surface area contributed by atoms with E-state index in [-0.39, 0.29) is 5.78 Å². The van der Waals surface area contributed by atoms with Gasteiger partial charge in [0.05, 0.1) is 12.8 Å². The molecule has 0 aromatic carbocycles. The number of hydrogen-bond acceptors (Lipinski definition) is 3. The molecule has 0 fully saturated rings. The number of halogens is 1. The summed E-state index contributed by atoms with van der Waals surface area (Å²) in [4.78, 5) is 15.0. The third-order valence-electron chi connectivity index (χ3n) is 1.94. The second-order valence-electron chi connectivity index (χ2n) is 3.09. The zero-order chi connectivity index (χ0) is 10.7. The molecule has 0 saturated heterocycles. The Balaban J connectivity index is 3.14. The van der Waals surface area contributed by atoms with Crippen molar-refractivity contribution in [3.05, 3.63) is 22.5 Å². The molecule has 4 heteroatoms. The summed E-state index contributed by atoms with van der Waals surface area (Å²) in [5, 5.41) is 0.470. The zero-order valence-corrected chi connectivity index (χ0v) is 9.18. The first-order valence-electron chi connectivity index (χ1n) is 4.23. The molecule has 0 radical (unpaired) electrons. The summed E-state index contributed by atoms with van der Waals surface area (Å²) < 4.78 is 5.11. The third-order valence-corrected chi connectivity index (χ3v) is 2.21. The first-order chi connectivity index (χ1) is 6.56. The summed E-state index contributed by atoms with van der Waals surface area (Å²) in [7, 11) is 1.55. The lowest BCUT2D eigenvalue weighted by Crippen LogP contribution is -2.03. The van der Waals surface area contributed by atoms with Crippen LogP contribution in [0.4, 0.5) is 0 Å². The Morgan fingerprint density at radius 1 is 1.64 bits per heavy atom. The van der Waals surface area contributed by atoms with Gasteiger partial charge in [0.15, 0.2) is 0 Å². The van der Waals surface area contributed by atoms with Gasteiger partial charge in [0.1, 0.15) is 16.6 Å². The van der Waals surface area contributed by atoms with Gasteiger partial charge in [0.2, 0.25) is 0 Å². The third kappa shape index (κ3) is 2.23. The Kier molecular flexibility index (Phi) is 3.47. The van der Waals surface area contributed by atoms with Gasteiger partial charge in [-0.2, -0.15) is 0 Å². The molecule has 0 aliphatic heterocycles. The van der Waals surface area contributed by atoms with Gasteiger partial charge in [-0.15, -0.1) is 0 Å². The van der Waals surface area contributed by atoms with Gasteiger partial charge < -0.3 is 4.74 Å². The van der Waals surface area contributed by atoms with Crippen LogP contribution >= 0.6 is 11.6 Å². The molecular formula is C10H12ClNO2. The Morgan fingerprint density at radius 3 is 2.79 bits per heavy atom. The highest BCUT2D eigenvalue weighted by Gasteiger charge is 2.11. The quantitative estimate of drug-likeness (QED) is 0.773. The average Bonchev–Trinajstić information content (AvgIpc) is 2.10. The normalized spacial score (nSPS) is 10.0. The number of ether oxygens (including phenoxy) is 1. The van der Waals surface area contributed by atoms with Crippen LogP contribution < -0.4 is 4.74 Å². The number of ketones is 1. The number of pyridine rings is 1. The molecule has 0 unspecified atom stereocenters. The number of carbonyl (C=O) groups is 1. The molecule has 0 N–H and O–H groups in total. The maximum absolute atomic E-state index is 10.9. The minimum atomic E-state index is 0.0741. The van der Waals surface area contributed by atoms with Crippen molar-refractivity contribution < 1.29 is 9.53 Å². The van der Waals surface area contributed by atoms with E-state index in [2.05, 4.69) is 4.98 Å². The first-order valence-corrected chi connectivity index (χ1v) is 4.61. The number of nitrogens with zero attached hydrogens (tertiary/aromatic N) is 1. The van der Waals surface area contributed by atoms with Crippen molar-refractivity contribution in [2.45, 2.75) is 20.3 Å². The van der Waals surface area contributed by atoms with Crippen LogP contribution in [0.5, 0.6) is 5.75 Å². The van der Waals surface area contributed by atoms with Gasteiger partial charge in [-0.05, 0) is 13.8 Å². The standard InChI is InChI=1S/C10H12ClNO2/c1-6(13)4-9-7(2)10(14-3)8(11)5-12-9/h5H,4H2,1-3H3. The predicted octanol–water partition coefficient (Wildman–Crippen LogP) is 2.18. The van der Waals surface area contributed by atoms with Crippen LogP contribution in [-0.2, 0) is 11.2 Å². The molecule has 76 valence electrons. The Morgan fingerprint density at radius 2 is 2.29 bits per heavy atom. The van der Waals surface area contributed by atoms with Crippen LogP contribution in [0.1, 0.15) is 18.2 Å². The topological polar surface area (TPSA) is 39.2 Å². The smallest absolute Gasteiger partial charge is 0.143 e. The number of carbonyl (C=O) groups excluding carboxylic acids is 1. The Bertz CT molecular complexity index is 363. The van der Waals surface area contributed by atoms with Crippen molar-refractivity contribution in [3.8, 4) is 5.75 Å². The summed E-state index contributed by atoms with van der Waals surface area (Å²) in [5.41, 5.74) is 1.55. The van der Waals surface area contributed by atoms with E-state index in [0.717, 1.165) is 11.3 Å². The second-order valence-corrected chi connectivity index (χ2v) is 3.50. The molecule has 3 nitrogen and oxygen atoms in total. The molecule has 1 rings (SSSR count). The number of hydrogen-bond donors (Lipinski definition) is 0. The second kappa shape index (κ2) is 4.42. The minimum absolute atomic E-state index is 0.0741. The molecule has 0 aliphatic rings. The van der Waals surface area contributed by atoms with E-state index in [1.165, 1.54) is 13.1 Å². The molecule has 0 spiro atoms. The van der Waals surface area contributed by atoms with Crippen molar-refractivity contribution in [1.29, 1.82) is 0 Å². The molecule has 0 atom stereocenters. The monoisotopic (exact) mass is 213 g/mol. The van der Waals surface area contributed by atoms with E-state index < -0.39 is 0 Å². The SMILES string of the molecule is COc1c(Cl)cnc(CC(C)=O)c1C. The van der Waals surface area contributed by atoms with E-state index >= 15 is 0 Å². The maximum Gasteiger partial charge on any atom is 0.143 e. The molecule has 1 aromatic rings. The van der Waals surface area contributed by atoms with E-state index in [4.69, 9.17) is 16.3 Å². The van der Waals surface area contributed by atoms with Crippen molar-refractivity contribution in [1.82, 2.24) is 4.98 Å². The zero-order valence-electron chi connectivity index (χ0n) is 8.43. The predicted molar refractivity (Wildman–Crippen MR) is 54.9 cm³/mol. The molecule has 0 aliphatic carbocycles. The lowest BCUT2D eigenvalue weighted by Gasteiger charge is -2.09. The van der Waals surface area contributed by atoms with Crippen molar-refractivity contribution in [2.24, 2.45) is 0 Å². The largest absolute Gasteiger partial charge is 0.495 e. The molecule has 0 bridgehead atoms. The maximum atomic E-state index is 10.9. The van der Waals surface area contributed by atoms with Crippen LogP contribution in [0.15, 0.2) is 6.20 Å². The van der Waals surface area contributed by atoms with Crippen molar-refractivity contribution in [3.63, 3.8) is 0 Å². The summed E-state index contributed by atoms with van der Waals surface area (Å²) in [6, 6.07) is 0. The van der Waals surface area contributed by atoms with Crippen LogP contribution in [0.3, 0.4) is 0 Å². The summed E-state index contributed by atoms with van der Waals surface area (Å²) in [5.74, 6) is 0.669. The molecular weight excluding hydrogens is 202 g/mol. The highest BCUT2D eigenvalue weighted by Crippen LogP contribution is 2.28. The van der Waals surface area contributed by atoms with Crippen LogP contribution in [0, 0.1) is 6.92 Å². The van der Waals surface area contributed by atoms with Gasteiger partial charge in [-0.25, -0.2) is 0 Å². The molecule has 0 amide bonds. The van der Waals surface area contributed by atoms with Gasteiger partial charge in [0.25, 0.3) is 0 Å². The van der Waals surface area contributed by atoms with Gasteiger partial charge in [0, 0.05) is 18.2 Å². The van der Waals surface area contributed by atoms with E-state index in [9.17, 15) is 4.79 Å². The first kappa shape index (κ1) is 11.0. The van der Waals surface area contributed by atoms with Crippen molar-refractivity contribution >= 4 is 17.4 Å². The number of Topliss-reactive ketones (excluding diaryl/α,β-unsaturated/α-hetero) is 1. The number of rotatable bonds is 3. The van der Waals surface area contributed by atoms with Gasteiger partial charge in [-0.1, -0.05) is 11.6 Å². The molecule has 14 heavy (non-hydrogen) atoms. The van der Waals surface area contributed by atoms with Gasteiger partial charge >= 0.3 is 0 Å². The fraction of sp³-hybridized carbons (Fsp3) is 0.400. The highest BCUT2D eigenvalue weighted by molar-refractivity contribution is 6.32. The Hall–Kier alpha value is -1.09. The Labute approximate surface area is 88.1 Å². The van der Waals surface area contributed by atoms with E-state index in [1.807, 2.05) is 6.92 Å². The minimum Gasteiger partial charge on any atom is -0.495 e. The van der Waals surface area contributed by atoms with Crippen molar-refractivity contribution in [2.75, 3.05) is 7.11 Å². The number of aromatic nitrogens is 1. The fourth-order valence-corrected chi connectivity index (χ4v) is 1.53. The lowest BCUT2D eigenvalue weighted by atomic mass is 10.1. The van der Waals surface area contributed by atoms with Crippen LogP contribution in [0.25, 0.3) is 0 Å². The van der Waals surface area contributed by atoms with E-state index in [0.29, 0.717) is 17.2 Å². The molecule has 1 heterocycles. The van der Waals surface area contributed by atoms with Crippen LogP contribution in [-0.4, -0.2) is 17.9 Å². The summed E-state index contributed by atoms with van der Waals surface area (Å²) in [6.07, 6.45) is 1.82. The molecule has 0 saturated carbocycles. The number of methoxy groups -OCH3 is 1. The summed E-state index contributed by atoms with van der Waals surface area (Å²) >= 11 is 5.87. The van der Waals surface area contributed by atoms with Gasteiger partial charge in [-0.3, -0.25) is 9.78 Å². The van der Waals surface area contributed by atoms with Crippen LogP contribution in [0.2, 0.25) is 5.02 Å². The summed E-state index contributed by atoms with van der Waals surface area (Å²) in [6.45, 7) is 3.37.